The number of hydrogen-bond acceptors (Lipinski definition) is 3. The van der Waals surface area contributed by atoms with Gasteiger partial charge in [0.25, 0.3) is 0 Å². The predicted octanol–water partition coefficient (Wildman–Crippen LogP) is 8.81. The first-order valence-corrected chi connectivity index (χ1v) is 16.5. The third kappa shape index (κ3) is 4.37. The predicted molar refractivity (Wildman–Crippen MR) is 177 cm³/mol. The van der Waals surface area contributed by atoms with E-state index in [0.29, 0.717) is 19.4 Å². The summed E-state index contributed by atoms with van der Waals surface area (Å²) in [7, 11) is 0. The molecule has 6 aromatic rings. The van der Waals surface area contributed by atoms with Crippen LogP contribution in [-0.4, -0.2) is 32.1 Å². The molecule has 0 atom stereocenters. The highest BCUT2D eigenvalue weighted by molar-refractivity contribution is 6.02. The number of para-hydroxylation sites is 1. The standard InChI is InChI=1S/C39H37N3O3/c43-38(44)37-30(12-6-16-45-33-14-3-8-27-7-1-2-9-28(27)33)29-10-4-11-31(36(29)41-37)32-13-5-15-35-40-34(23-42(32)35)39-20-24-17-25(21-39)19-26(18-24)22-39/h1-5,7-11,13-15,23-26,41H,6,12,16-22H2,(H,43,44). The molecule has 3 aromatic carbocycles. The van der Waals surface area contributed by atoms with Crippen molar-refractivity contribution in [2.75, 3.05) is 6.61 Å². The van der Waals surface area contributed by atoms with Gasteiger partial charge in [0, 0.05) is 27.9 Å². The fourth-order valence-corrected chi connectivity index (χ4v) is 9.59. The van der Waals surface area contributed by atoms with E-state index < -0.39 is 5.97 Å². The zero-order valence-electron chi connectivity index (χ0n) is 25.3. The van der Waals surface area contributed by atoms with E-state index in [9.17, 15) is 9.90 Å². The maximum absolute atomic E-state index is 12.5. The van der Waals surface area contributed by atoms with Crippen LogP contribution in [-0.2, 0) is 11.8 Å². The Balaban J connectivity index is 1.04. The Morgan fingerprint density at radius 1 is 0.889 bits per heavy atom. The van der Waals surface area contributed by atoms with Crippen molar-refractivity contribution in [3.05, 3.63) is 102 Å². The number of nitrogens with zero attached hydrogens (tertiary/aromatic N) is 2. The Kier molecular flexibility index (Phi) is 6.09. The number of imidazole rings is 1. The number of carbonyl (C=O) groups is 1. The van der Waals surface area contributed by atoms with Crippen LogP contribution in [0.1, 0.15) is 66.7 Å². The molecule has 0 spiro atoms. The number of fused-ring (bicyclic) bond motifs is 3. The molecule has 4 saturated carbocycles. The SMILES string of the molecule is O=C(O)c1[nH]c2c(-c3cccc4nc(C56CC7CC(CC(C7)C5)C6)cn34)cccc2c1CCCOc1cccc2ccccc12. The number of aromatic carboxylic acids is 1. The molecule has 4 aliphatic carbocycles. The summed E-state index contributed by atoms with van der Waals surface area (Å²) in [5, 5.41) is 13.4. The van der Waals surface area contributed by atoms with E-state index in [1.54, 1.807) is 0 Å². The number of pyridine rings is 1. The molecule has 0 amide bonds. The molecule has 3 aromatic heterocycles. The molecule has 0 unspecified atom stereocenters. The van der Waals surface area contributed by atoms with Crippen LogP contribution in [0.15, 0.2) is 85.1 Å². The first kappa shape index (κ1) is 26.8. The van der Waals surface area contributed by atoms with Gasteiger partial charge < -0.3 is 14.8 Å². The van der Waals surface area contributed by atoms with Gasteiger partial charge in [-0.2, -0.15) is 0 Å². The molecule has 2 N–H and O–H groups in total. The normalized spacial score (nSPS) is 23.8. The maximum Gasteiger partial charge on any atom is 0.352 e. The Morgan fingerprint density at radius 2 is 1.60 bits per heavy atom. The fraction of sp³-hybridized carbons (Fsp3) is 0.333. The van der Waals surface area contributed by atoms with Crippen molar-refractivity contribution in [3.63, 3.8) is 0 Å². The second-order valence-electron chi connectivity index (χ2n) is 13.9. The van der Waals surface area contributed by atoms with Gasteiger partial charge in [-0.05, 0) is 98.3 Å². The number of ether oxygens (including phenoxy) is 1. The summed E-state index contributed by atoms with van der Waals surface area (Å²) in [4.78, 5) is 21.1. The number of aryl methyl sites for hydroxylation is 1. The number of H-pyrrole nitrogens is 1. The maximum atomic E-state index is 12.5. The first-order chi connectivity index (χ1) is 22.0. The number of rotatable bonds is 8. The summed E-state index contributed by atoms with van der Waals surface area (Å²) < 4.78 is 8.43. The number of carboxylic acid groups (broad SMARTS) is 1. The Labute approximate surface area is 262 Å². The van der Waals surface area contributed by atoms with Crippen molar-refractivity contribution in [1.29, 1.82) is 0 Å². The second-order valence-corrected chi connectivity index (χ2v) is 13.9. The van der Waals surface area contributed by atoms with Crippen molar-refractivity contribution >= 4 is 33.3 Å². The minimum atomic E-state index is -0.938. The largest absolute Gasteiger partial charge is 0.493 e. The van der Waals surface area contributed by atoms with Crippen LogP contribution in [0.25, 0.3) is 38.6 Å². The monoisotopic (exact) mass is 595 g/mol. The Hall–Kier alpha value is -4.58. The third-order valence-corrected chi connectivity index (χ3v) is 11.1. The van der Waals surface area contributed by atoms with Gasteiger partial charge in [0.05, 0.1) is 23.5 Å². The van der Waals surface area contributed by atoms with Gasteiger partial charge >= 0.3 is 5.97 Å². The second kappa shape index (κ2) is 10.2. The number of benzene rings is 3. The van der Waals surface area contributed by atoms with E-state index in [1.165, 1.54) is 44.2 Å². The highest BCUT2D eigenvalue weighted by atomic mass is 16.5. The summed E-state index contributed by atoms with van der Waals surface area (Å²) in [6, 6.07) is 26.8. The molecule has 0 saturated heterocycles. The highest BCUT2D eigenvalue weighted by Crippen LogP contribution is 2.60. The number of aromatic nitrogens is 3. The Morgan fingerprint density at radius 3 is 2.40 bits per heavy atom. The lowest BCUT2D eigenvalue weighted by molar-refractivity contribution is -0.00697. The minimum Gasteiger partial charge on any atom is -0.493 e. The molecule has 4 bridgehead atoms. The van der Waals surface area contributed by atoms with E-state index in [4.69, 9.17) is 9.72 Å². The highest BCUT2D eigenvalue weighted by Gasteiger charge is 2.52. The molecule has 4 aliphatic rings. The van der Waals surface area contributed by atoms with Crippen molar-refractivity contribution in [2.24, 2.45) is 17.8 Å². The zero-order chi connectivity index (χ0) is 30.1. The average Bonchev–Trinajstić information content (AvgIpc) is 3.65. The number of hydrogen-bond donors (Lipinski definition) is 2. The lowest BCUT2D eigenvalue weighted by Crippen LogP contribution is -2.48. The fourth-order valence-electron chi connectivity index (χ4n) is 9.59. The van der Waals surface area contributed by atoms with Crippen LogP contribution >= 0.6 is 0 Å². The Bertz CT molecular complexity index is 2060. The molecule has 4 fully saturated rings. The minimum absolute atomic E-state index is 0.217. The third-order valence-electron chi connectivity index (χ3n) is 11.1. The number of aromatic amines is 1. The molecule has 226 valence electrons. The van der Waals surface area contributed by atoms with Crippen molar-refractivity contribution in [1.82, 2.24) is 14.4 Å². The topological polar surface area (TPSA) is 79.6 Å². The molecule has 6 heteroatoms. The lowest BCUT2D eigenvalue weighted by Gasteiger charge is -2.56. The van der Waals surface area contributed by atoms with Gasteiger partial charge in [-0.15, -0.1) is 0 Å². The van der Waals surface area contributed by atoms with Crippen LogP contribution in [0.2, 0.25) is 0 Å². The summed E-state index contributed by atoms with van der Waals surface area (Å²) in [5.41, 5.74) is 6.41. The van der Waals surface area contributed by atoms with E-state index in [-0.39, 0.29) is 11.1 Å². The first-order valence-electron chi connectivity index (χ1n) is 16.5. The summed E-state index contributed by atoms with van der Waals surface area (Å²) in [6.45, 7) is 0.501. The van der Waals surface area contributed by atoms with Crippen LogP contribution in [0.4, 0.5) is 0 Å². The summed E-state index contributed by atoms with van der Waals surface area (Å²) >= 11 is 0. The molecule has 3 heterocycles. The van der Waals surface area contributed by atoms with Crippen LogP contribution in [0, 0.1) is 17.8 Å². The van der Waals surface area contributed by atoms with Gasteiger partial charge in [0.2, 0.25) is 0 Å². The smallest absolute Gasteiger partial charge is 0.352 e. The molecule has 0 aliphatic heterocycles. The molecular weight excluding hydrogens is 558 g/mol. The van der Waals surface area contributed by atoms with Crippen LogP contribution in [0.5, 0.6) is 5.75 Å². The van der Waals surface area contributed by atoms with Gasteiger partial charge in [-0.3, -0.25) is 4.40 Å². The molecule has 45 heavy (non-hydrogen) atoms. The van der Waals surface area contributed by atoms with Crippen molar-refractivity contribution < 1.29 is 14.6 Å². The van der Waals surface area contributed by atoms with E-state index >= 15 is 0 Å². The molecular formula is C39H37N3O3. The van der Waals surface area contributed by atoms with Crippen molar-refractivity contribution in [2.45, 2.75) is 56.8 Å². The van der Waals surface area contributed by atoms with E-state index in [0.717, 1.165) is 67.6 Å². The van der Waals surface area contributed by atoms with Gasteiger partial charge in [-0.1, -0.05) is 60.7 Å². The molecule has 0 radical (unpaired) electrons. The molecule has 10 rings (SSSR count). The van der Waals surface area contributed by atoms with Gasteiger partial charge in [0.1, 0.15) is 17.1 Å². The van der Waals surface area contributed by atoms with Gasteiger partial charge in [-0.25, -0.2) is 9.78 Å². The number of nitrogens with one attached hydrogen (secondary N) is 1. The van der Waals surface area contributed by atoms with Gasteiger partial charge in [0.15, 0.2) is 0 Å². The molecule has 6 nitrogen and oxygen atoms in total. The van der Waals surface area contributed by atoms with Crippen LogP contribution < -0.4 is 4.74 Å². The van der Waals surface area contributed by atoms with E-state index in [1.807, 2.05) is 36.4 Å². The van der Waals surface area contributed by atoms with Crippen LogP contribution in [0.3, 0.4) is 0 Å². The number of carboxylic acids is 1. The zero-order valence-corrected chi connectivity index (χ0v) is 25.3. The average molecular weight is 596 g/mol. The van der Waals surface area contributed by atoms with E-state index in [2.05, 4.69) is 58.0 Å². The van der Waals surface area contributed by atoms with Crippen molar-refractivity contribution in [3.8, 4) is 17.0 Å². The lowest BCUT2D eigenvalue weighted by atomic mass is 9.49. The quantitative estimate of drug-likeness (QED) is 0.172. The summed E-state index contributed by atoms with van der Waals surface area (Å²) in [6.07, 6.45) is 11.7. The summed E-state index contributed by atoms with van der Waals surface area (Å²) in [5.74, 6) is 2.50.